The number of nitrogens with two attached hydrogens (primary N) is 1. The van der Waals surface area contributed by atoms with Crippen molar-refractivity contribution in [2.24, 2.45) is 11.7 Å². The maximum Gasteiger partial charge on any atom is 0.123 e. The molecule has 1 aliphatic heterocycles. The Balaban J connectivity index is 2.20. The van der Waals surface area contributed by atoms with Crippen LogP contribution < -0.4 is 5.73 Å². The van der Waals surface area contributed by atoms with Gasteiger partial charge in [-0.25, -0.2) is 4.39 Å². The van der Waals surface area contributed by atoms with Gasteiger partial charge in [0, 0.05) is 18.6 Å². The highest BCUT2D eigenvalue weighted by molar-refractivity contribution is 5.21. The van der Waals surface area contributed by atoms with E-state index in [9.17, 15) is 4.39 Å². The van der Waals surface area contributed by atoms with E-state index in [2.05, 4.69) is 18.7 Å². The van der Waals surface area contributed by atoms with Crippen molar-refractivity contribution in [1.29, 1.82) is 0 Å². The molecule has 1 aromatic rings. The second kappa shape index (κ2) is 5.81. The van der Waals surface area contributed by atoms with Gasteiger partial charge in [0.25, 0.3) is 0 Å². The Bertz CT molecular complexity index is 375. The van der Waals surface area contributed by atoms with Crippen LogP contribution in [-0.4, -0.2) is 24.0 Å². The van der Waals surface area contributed by atoms with Crippen molar-refractivity contribution in [1.82, 2.24) is 4.90 Å². The molecular weight excluding hydrogens is 227 g/mol. The van der Waals surface area contributed by atoms with Crippen LogP contribution in [0.5, 0.6) is 0 Å². The lowest BCUT2D eigenvalue weighted by atomic mass is 9.98. The number of halogens is 1. The Kier molecular flexibility index (Phi) is 4.36. The highest BCUT2D eigenvalue weighted by atomic mass is 19.1. The first-order valence-corrected chi connectivity index (χ1v) is 6.84. The lowest BCUT2D eigenvalue weighted by Crippen LogP contribution is -2.39. The number of rotatable bonds is 4. The van der Waals surface area contributed by atoms with Crippen LogP contribution in [0, 0.1) is 11.7 Å². The Hall–Kier alpha value is -0.930. The average molecular weight is 250 g/mol. The van der Waals surface area contributed by atoms with E-state index >= 15 is 0 Å². The van der Waals surface area contributed by atoms with E-state index < -0.39 is 0 Å². The summed E-state index contributed by atoms with van der Waals surface area (Å²) in [6, 6.07) is 7.60. The number of benzene rings is 1. The third-order valence-corrected chi connectivity index (χ3v) is 3.99. The van der Waals surface area contributed by atoms with Crippen molar-refractivity contribution in [3.05, 3.63) is 35.6 Å². The molecule has 1 aromatic carbocycles. The molecule has 1 fully saturated rings. The van der Waals surface area contributed by atoms with Crippen LogP contribution in [0.2, 0.25) is 0 Å². The highest BCUT2D eigenvalue weighted by Gasteiger charge is 2.32. The third-order valence-electron chi connectivity index (χ3n) is 3.99. The quantitative estimate of drug-likeness (QED) is 0.890. The number of hydrogen-bond acceptors (Lipinski definition) is 2. The lowest BCUT2D eigenvalue weighted by molar-refractivity contribution is 0.149. The number of nitrogens with zero attached hydrogens (tertiary/aromatic N) is 1. The molecule has 0 aromatic heterocycles. The van der Waals surface area contributed by atoms with Gasteiger partial charge in [-0.3, -0.25) is 4.90 Å². The second-order valence-electron chi connectivity index (χ2n) is 5.49. The van der Waals surface area contributed by atoms with Crippen molar-refractivity contribution in [2.75, 3.05) is 13.1 Å². The average Bonchev–Trinajstić information content (AvgIpc) is 2.82. The van der Waals surface area contributed by atoms with Crippen LogP contribution in [0.3, 0.4) is 0 Å². The molecule has 100 valence electrons. The van der Waals surface area contributed by atoms with Crippen molar-refractivity contribution in [3.63, 3.8) is 0 Å². The Morgan fingerprint density at radius 1 is 1.33 bits per heavy atom. The minimum atomic E-state index is -0.184. The van der Waals surface area contributed by atoms with E-state index in [1.165, 1.54) is 25.0 Å². The van der Waals surface area contributed by atoms with Crippen LogP contribution in [-0.2, 0) is 0 Å². The van der Waals surface area contributed by atoms with Gasteiger partial charge >= 0.3 is 0 Å². The summed E-state index contributed by atoms with van der Waals surface area (Å²) < 4.78 is 13.0. The summed E-state index contributed by atoms with van der Waals surface area (Å²) in [6.45, 7) is 6.22. The van der Waals surface area contributed by atoms with Gasteiger partial charge < -0.3 is 5.73 Å². The standard InChI is InChI=1S/C15H23FN2/c1-11(2)14-4-3-9-18(14)15(10-17)12-5-7-13(16)8-6-12/h5-8,11,14-15H,3-4,9-10,17H2,1-2H3. The Morgan fingerprint density at radius 2 is 2.00 bits per heavy atom. The topological polar surface area (TPSA) is 29.3 Å². The largest absolute Gasteiger partial charge is 0.329 e. The minimum absolute atomic E-state index is 0.184. The van der Waals surface area contributed by atoms with Crippen molar-refractivity contribution in [2.45, 2.75) is 38.8 Å². The van der Waals surface area contributed by atoms with Crippen molar-refractivity contribution < 1.29 is 4.39 Å². The normalized spacial score (nSPS) is 22.6. The van der Waals surface area contributed by atoms with Crippen molar-refractivity contribution >= 4 is 0 Å². The molecule has 0 amide bonds. The van der Waals surface area contributed by atoms with E-state index in [1.807, 2.05) is 12.1 Å². The summed E-state index contributed by atoms with van der Waals surface area (Å²) in [5.41, 5.74) is 7.08. The second-order valence-corrected chi connectivity index (χ2v) is 5.49. The van der Waals surface area contributed by atoms with E-state index in [1.54, 1.807) is 0 Å². The van der Waals surface area contributed by atoms with Crippen LogP contribution >= 0.6 is 0 Å². The van der Waals surface area contributed by atoms with Crippen LogP contribution in [0.1, 0.15) is 38.3 Å². The summed E-state index contributed by atoms with van der Waals surface area (Å²) in [5.74, 6) is 0.457. The zero-order valence-electron chi connectivity index (χ0n) is 11.3. The predicted octanol–water partition coefficient (Wildman–Crippen LogP) is 2.95. The SMILES string of the molecule is CC(C)C1CCCN1C(CN)c1ccc(F)cc1. The molecule has 0 bridgehead atoms. The summed E-state index contributed by atoms with van der Waals surface area (Å²) in [7, 11) is 0. The van der Waals surface area contributed by atoms with Crippen LogP contribution in [0.4, 0.5) is 4.39 Å². The fourth-order valence-corrected chi connectivity index (χ4v) is 3.07. The lowest BCUT2D eigenvalue weighted by Gasteiger charge is -2.34. The van der Waals surface area contributed by atoms with E-state index in [-0.39, 0.29) is 11.9 Å². The predicted molar refractivity (Wildman–Crippen MR) is 72.8 cm³/mol. The van der Waals surface area contributed by atoms with Gasteiger partial charge in [-0.1, -0.05) is 26.0 Å². The molecule has 1 saturated heterocycles. The molecular formula is C15H23FN2. The minimum Gasteiger partial charge on any atom is -0.329 e. The molecule has 1 aliphatic rings. The summed E-state index contributed by atoms with van der Waals surface area (Å²) in [5, 5.41) is 0. The molecule has 3 heteroatoms. The molecule has 0 aliphatic carbocycles. The first-order chi connectivity index (χ1) is 8.63. The third kappa shape index (κ3) is 2.73. The van der Waals surface area contributed by atoms with Crippen LogP contribution in [0.15, 0.2) is 24.3 Å². The monoisotopic (exact) mass is 250 g/mol. The first kappa shape index (κ1) is 13.5. The fourth-order valence-electron chi connectivity index (χ4n) is 3.07. The van der Waals surface area contributed by atoms with E-state index in [0.717, 1.165) is 12.1 Å². The molecule has 1 heterocycles. The maximum absolute atomic E-state index is 13.0. The van der Waals surface area contributed by atoms with Gasteiger partial charge in [0.1, 0.15) is 5.82 Å². The number of hydrogen-bond donors (Lipinski definition) is 1. The van der Waals surface area contributed by atoms with Gasteiger partial charge in [-0.2, -0.15) is 0 Å². The summed E-state index contributed by atoms with van der Waals surface area (Å²) in [6.07, 6.45) is 2.48. The highest BCUT2D eigenvalue weighted by Crippen LogP contribution is 2.32. The van der Waals surface area contributed by atoms with Gasteiger partial charge in [0.15, 0.2) is 0 Å². The Labute approximate surface area is 109 Å². The summed E-state index contributed by atoms with van der Waals surface area (Å²) in [4.78, 5) is 2.50. The Morgan fingerprint density at radius 3 is 2.56 bits per heavy atom. The molecule has 2 atom stereocenters. The number of likely N-dealkylation sites (tertiary alicyclic amines) is 1. The fraction of sp³-hybridized carbons (Fsp3) is 0.600. The molecule has 18 heavy (non-hydrogen) atoms. The molecule has 0 radical (unpaired) electrons. The van der Waals surface area contributed by atoms with Crippen molar-refractivity contribution in [3.8, 4) is 0 Å². The molecule has 0 saturated carbocycles. The maximum atomic E-state index is 13.0. The zero-order valence-corrected chi connectivity index (χ0v) is 11.3. The molecule has 2 unspecified atom stereocenters. The first-order valence-electron chi connectivity index (χ1n) is 6.84. The van der Waals surface area contributed by atoms with Gasteiger partial charge in [0.2, 0.25) is 0 Å². The molecule has 2 rings (SSSR count). The smallest absolute Gasteiger partial charge is 0.123 e. The van der Waals surface area contributed by atoms with Gasteiger partial charge in [-0.15, -0.1) is 0 Å². The van der Waals surface area contributed by atoms with E-state index in [0.29, 0.717) is 18.5 Å². The summed E-state index contributed by atoms with van der Waals surface area (Å²) >= 11 is 0. The molecule has 2 nitrogen and oxygen atoms in total. The molecule has 0 spiro atoms. The van der Waals surface area contributed by atoms with E-state index in [4.69, 9.17) is 5.73 Å². The molecule has 2 N–H and O–H groups in total. The van der Waals surface area contributed by atoms with Crippen LogP contribution in [0.25, 0.3) is 0 Å². The zero-order chi connectivity index (χ0) is 13.1. The van der Waals surface area contributed by atoms with Gasteiger partial charge in [0.05, 0.1) is 0 Å². The van der Waals surface area contributed by atoms with Gasteiger partial charge in [-0.05, 0) is 43.0 Å².